The fourth-order valence-electron chi connectivity index (χ4n) is 1.48. The van der Waals surface area contributed by atoms with E-state index in [1.165, 1.54) is 23.8 Å². The number of nitrogens with one attached hydrogen (secondary N) is 1. The molecule has 2 rings (SSSR count). The average molecular weight is 306 g/mol. The van der Waals surface area contributed by atoms with Gasteiger partial charge in [-0.3, -0.25) is 9.59 Å². The van der Waals surface area contributed by atoms with E-state index >= 15 is 0 Å². The molecule has 1 amide bonds. The van der Waals surface area contributed by atoms with Crippen molar-refractivity contribution < 1.29 is 9.59 Å². The van der Waals surface area contributed by atoms with Crippen LogP contribution in [0.3, 0.4) is 0 Å². The Morgan fingerprint density at radius 1 is 1.30 bits per heavy atom. The summed E-state index contributed by atoms with van der Waals surface area (Å²) in [5.74, 6) is 0.963. The highest BCUT2D eigenvalue weighted by atomic mass is 32.2. The van der Waals surface area contributed by atoms with Crippen molar-refractivity contribution in [2.24, 2.45) is 0 Å². The van der Waals surface area contributed by atoms with Crippen LogP contribution in [0.5, 0.6) is 0 Å². The summed E-state index contributed by atoms with van der Waals surface area (Å²) in [5.41, 5.74) is 1.58. The van der Waals surface area contributed by atoms with Crippen LogP contribution in [-0.4, -0.2) is 22.4 Å². The van der Waals surface area contributed by atoms with Crippen molar-refractivity contribution in [2.75, 3.05) is 11.1 Å². The number of carbonyl (C=O) groups is 2. The summed E-state index contributed by atoms with van der Waals surface area (Å²) in [5, 5.41) is 4.82. The maximum atomic E-state index is 11.7. The zero-order valence-electron chi connectivity index (χ0n) is 11.0. The van der Waals surface area contributed by atoms with Crippen LogP contribution in [0.15, 0.2) is 35.7 Å². The second kappa shape index (κ2) is 7.21. The van der Waals surface area contributed by atoms with Crippen LogP contribution >= 0.6 is 23.1 Å². The van der Waals surface area contributed by atoms with E-state index in [-0.39, 0.29) is 11.7 Å². The normalized spacial score (nSPS) is 10.2. The van der Waals surface area contributed by atoms with Gasteiger partial charge in [0.25, 0.3) is 0 Å². The van der Waals surface area contributed by atoms with E-state index in [2.05, 4.69) is 10.3 Å². The Morgan fingerprint density at radius 2 is 2.05 bits per heavy atom. The highest BCUT2D eigenvalue weighted by Gasteiger charge is 2.09. The standard InChI is InChI=1S/C14H14N2O2S2/c1-10(17)12-8-20-14(15-12)16-13(18)9-19-7-11-5-3-2-4-6-11/h2-6,8H,7,9H2,1H3,(H,15,16,18). The monoisotopic (exact) mass is 306 g/mol. The van der Waals surface area contributed by atoms with Crippen molar-refractivity contribution in [2.45, 2.75) is 12.7 Å². The van der Waals surface area contributed by atoms with Crippen molar-refractivity contribution in [1.82, 2.24) is 4.98 Å². The maximum Gasteiger partial charge on any atom is 0.236 e. The number of thiazole rings is 1. The van der Waals surface area contributed by atoms with Crippen molar-refractivity contribution in [3.05, 3.63) is 47.0 Å². The third kappa shape index (κ3) is 4.47. The Balaban J connectivity index is 1.76. The minimum absolute atomic E-state index is 0.0970. The third-order valence-corrected chi connectivity index (χ3v) is 4.22. The minimum atomic E-state index is -0.101. The molecular weight excluding hydrogens is 292 g/mol. The highest BCUT2D eigenvalue weighted by molar-refractivity contribution is 7.99. The lowest BCUT2D eigenvalue weighted by molar-refractivity contribution is -0.113. The first-order valence-electron chi connectivity index (χ1n) is 6.03. The molecule has 20 heavy (non-hydrogen) atoms. The van der Waals surface area contributed by atoms with Crippen molar-refractivity contribution >= 4 is 39.9 Å². The molecule has 1 aromatic carbocycles. The molecule has 1 heterocycles. The lowest BCUT2D eigenvalue weighted by Crippen LogP contribution is -2.14. The van der Waals surface area contributed by atoms with Crippen LogP contribution in [0, 0.1) is 0 Å². The maximum absolute atomic E-state index is 11.7. The van der Waals surface area contributed by atoms with Gasteiger partial charge in [0.2, 0.25) is 5.91 Å². The number of nitrogens with zero attached hydrogens (tertiary/aromatic N) is 1. The fourth-order valence-corrected chi connectivity index (χ4v) is 3.04. The molecule has 0 aliphatic heterocycles. The van der Waals surface area contributed by atoms with Gasteiger partial charge in [-0.1, -0.05) is 30.3 Å². The molecule has 0 unspecified atom stereocenters. The molecule has 0 atom stereocenters. The number of ketones is 1. The van der Waals surface area contributed by atoms with Gasteiger partial charge in [0, 0.05) is 18.1 Å². The summed E-state index contributed by atoms with van der Waals surface area (Å²) in [6.07, 6.45) is 0. The van der Waals surface area contributed by atoms with Gasteiger partial charge in [0.05, 0.1) is 5.75 Å². The molecular formula is C14H14N2O2S2. The summed E-state index contributed by atoms with van der Waals surface area (Å²) in [6.45, 7) is 1.45. The van der Waals surface area contributed by atoms with Gasteiger partial charge in [-0.25, -0.2) is 4.98 Å². The van der Waals surface area contributed by atoms with Gasteiger partial charge < -0.3 is 5.32 Å². The summed E-state index contributed by atoms with van der Waals surface area (Å²) in [4.78, 5) is 26.9. The first-order valence-corrected chi connectivity index (χ1v) is 8.06. The molecule has 104 valence electrons. The van der Waals surface area contributed by atoms with E-state index in [1.54, 1.807) is 17.1 Å². The fraction of sp³-hybridized carbons (Fsp3) is 0.214. The van der Waals surface area contributed by atoms with Crippen LogP contribution < -0.4 is 5.32 Å². The molecule has 0 aliphatic carbocycles. The first-order chi connectivity index (χ1) is 9.65. The van der Waals surface area contributed by atoms with Crippen LogP contribution in [0.2, 0.25) is 0 Å². The number of thioether (sulfide) groups is 1. The molecule has 0 fully saturated rings. The molecule has 2 aromatic rings. The quantitative estimate of drug-likeness (QED) is 0.833. The molecule has 0 bridgehead atoms. The summed E-state index contributed by atoms with van der Waals surface area (Å²) >= 11 is 2.81. The second-order valence-electron chi connectivity index (χ2n) is 4.12. The zero-order chi connectivity index (χ0) is 14.4. The zero-order valence-corrected chi connectivity index (χ0v) is 12.6. The summed E-state index contributed by atoms with van der Waals surface area (Å²) in [7, 11) is 0. The number of aromatic nitrogens is 1. The molecule has 1 aromatic heterocycles. The summed E-state index contributed by atoms with van der Waals surface area (Å²) in [6, 6.07) is 10.00. The number of carbonyl (C=O) groups excluding carboxylic acids is 2. The molecule has 1 N–H and O–H groups in total. The van der Waals surface area contributed by atoms with E-state index in [4.69, 9.17) is 0 Å². The van der Waals surface area contributed by atoms with Gasteiger partial charge in [-0.15, -0.1) is 23.1 Å². The Morgan fingerprint density at radius 3 is 2.70 bits per heavy atom. The number of amides is 1. The number of rotatable bonds is 6. The van der Waals surface area contributed by atoms with Crippen molar-refractivity contribution in [1.29, 1.82) is 0 Å². The molecule has 0 radical (unpaired) electrons. The number of benzene rings is 1. The molecule has 4 nitrogen and oxygen atoms in total. The van der Waals surface area contributed by atoms with Crippen LogP contribution in [-0.2, 0) is 10.5 Å². The van der Waals surface area contributed by atoms with Gasteiger partial charge in [-0.2, -0.15) is 0 Å². The van der Waals surface area contributed by atoms with Crippen molar-refractivity contribution in [3.8, 4) is 0 Å². The molecule has 0 saturated heterocycles. The summed E-state index contributed by atoms with van der Waals surface area (Å²) < 4.78 is 0. The smallest absolute Gasteiger partial charge is 0.236 e. The minimum Gasteiger partial charge on any atom is -0.301 e. The lowest BCUT2D eigenvalue weighted by atomic mass is 10.2. The van der Waals surface area contributed by atoms with E-state index in [0.29, 0.717) is 16.6 Å². The van der Waals surface area contributed by atoms with Crippen LogP contribution in [0.1, 0.15) is 23.0 Å². The number of anilines is 1. The molecule has 0 spiro atoms. The Bertz CT molecular complexity index is 596. The highest BCUT2D eigenvalue weighted by Crippen LogP contribution is 2.17. The van der Waals surface area contributed by atoms with Crippen molar-refractivity contribution in [3.63, 3.8) is 0 Å². The molecule has 6 heteroatoms. The largest absolute Gasteiger partial charge is 0.301 e. The predicted molar refractivity (Wildman–Crippen MR) is 83.4 cm³/mol. The van der Waals surface area contributed by atoms with Gasteiger partial charge in [-0.05, 0) is 5.56 Å². The SMILES string of the molecule is CC(=O)c1csc(NC(=O)CSCc2ccccc2)n1. The number of hydrogen-bond acceptors (Lipinski definition) is 5. The second-order valence-corrected chi connectivity index (χ2v) is 5.96. The molecule has 0 aliphatic rings. The third-order valence-electron chi connectivity index (χ3n) is 2.46. The van der Waals surface area contributed by atoms with E-state index in [0.717, 1.165) is 5.75 Å². The Labute approximate surface area is 125 Å². The Kier molecular flexibility index (Phi) is 5.31. The van der Waals surface area contributed by atoms with Gasteiger partial charge >= 0.3 is 0 Å². The number of hydrogen-bond donors (Lipinski definition) is 1. The van der Waals surface area contributed by atoms with Gasteiger partial charge in [0.15, 0.2) is 10.9 Å². The topological polar surface area (TPSA) is 59.1 Å². The Hall–Kier alpha value is -1.66. The van der Waals surface area contributed by atoms with Gasteiger partial charge in [0.1, 0.15) is 5.69 Å². The first kappa shape index (κ1) is 14.7. The van der Waals surface area contributed by atoms with Crippen LogP contribution in [0.25, 0.3) is 0 Å². The molecule has 0 saturated carbocycles. The van der Waals surface area contributed by atoms with Crippen LogP contribution in [0.4, 0.5) is 5.13 Å². The van der Waals surface area contributed by atoms with E-state index in [9.17, 15) is 9.59 Å². The lowest BCUT2D eigenvalue weighted by Gasteiger charge is -2.02. The average Bonchev–Trinajstić information content (AvgIpc) is 2.88. The number of Topliss-reactive ketones (excluding diaryl/α,β-unsaturated/α-hetero) is 1. The predicted octanol–water partition coefficient (Wildman–Crippen LogP) is 3.22. The van der Waals surface area contributed by atoms with E-state index in [1.807, 2.05) is 30.3 Å². The van der Waals surface area contributed by atoms with E-state index < -0.39 is 0 Å².